The fourth-order valence-corrected chi connectivity index (χ4v) is 1.52. The first kappa shape index (κ1) is 12.3. The Morgan fingerprint density at radius 3 is 2.78 bits per heavy atom. The van der Waals surface area contributed by atoms with Crippen molar-refractivity contribution in [3.05, 3.63) is 59.7 Å². The van der Waals surface area contributed by atoms with E-state index in [1.165, 1.54) is 0 Å². The van der Waals surface area contributed by atoms with Gasteiger partial charge in [-0.25, -0.2) is 9.97 Å². The Hall–Kier alpha value is -2.18. The number of nitrogens with zero attached hydrogens (tertiary/aromatic N) is 2. The van der Waals surface area contributed by atoms with Crippen LogP contribution in [0.3, 0.4) is 0 Å². The molecule has 2 rings (SSSR count). The van der Waals surface area contributed by atoms with E-state index in [2.05, 4.69) is 27.1 Å². The number of nitrogens with one attached hydrogen (secondary N) is 1. The van der Waals surface area contributed by atoms with Crippen LogP contribution in [0.5, 0.6) is 0 Å². The van der Waals surface area contributed by atoms with E-state index in [1.807, 2.05) is 43.3 Å². The topological polar surface area (TPSA) is 37.8 Å². The third kappa shape index (κ3) is 4.00. The molecule has 0 spiro atoms. The largest absolute Gasteiger partial charge is 0.301 e. The summed E-state index contributed by atoms with van der Waals surface area (Å²) in [6, 6.07) is 11.9. The second-order valence-corrected chi connectivity index (χ2v) is 3.87. The van der Waals surface area contributed by atoms with Gasteiger partial charge in [-0.1, -0.05) is 30.0 Å². The van der Waals surface area contributed by atoms with E-state index in [0.29, 0.717) is 13.1 Å². The molecule has 90 valence electrons. The molecular weight excluding hydrogens is 222 g/mol. The van der Waals surface area contributed by atoms with Gasteiger partial charge in [0.2, 0.25) is 0 Å². The van der Waals surface area contributed by atoms with Crippen LogP contribution in [0.1, 0.15) is 17.1 Å². The number of aryl methyl sites for hydroxylation is 1. The highest BCUT2D eigenvalue weighted by molar-refractivity contribution is 5.33. The molecule has 0 saturated heterocycles. The molecule has 0 aliphatic heterocycles. The van der Waals surface area contributed by atoms with Crippen LogP contribution in [-0.4, -0.2) is 16.5 Å². The van der Waals surface area contributed by atoms with Crippen molar-refractivity contribution in [1.82, 2.24) is 15.3 Å². The summed E-state index contributed by atoms with van der Waals surface area (Å²) in [7, 11) is 0. The zero-order valence-corrected chi connectivity index (χ0v) is 10.4. The van der Waals surface area contributed by atoms with Gasteiger partial charge >= 0.3 is 0 Å². The van der Waals surface area contributed by atoms with Crippen LogP contribution in [0.25, 0.3) is 0 Å². The van der Waals surface area contributed by atoms with E-state index >= 15 is 0 Å². The molecule has 0 radical (unpaired) electrons. The quantitative estimate of drug-likeness (QED) is 0.654. The summed E-state index contributed by atoms with van der Waals surface area (Å²) in [6.45, 7) is 3.25. The normalized spacial score (nSPS) is 9.61. The summed E-state index contributed by atoms with van der Waals surface area (Å²) in [5.74, 6) is 6.98. The zero-order valence-electron chi connectivity index (χ0n) is 10.4. The van der Waals surface area contributed by atoms with E-state index in [4.69, 9.17) is 0 Å². The summed E-state index contributed by atoms with van der Waals surface area (Å²) < 4.78 is 0. The van der Waals surface area contributed by atoms with E-state index in [0.717, 1.165) is 17.1 Å². The van der Waals surface area contributed by atoms with Crippen LogP contribution in [0.4, 0.5) is 0 Å². The third-order valence-corrected chi connectivity index (χ3v) is 2.36. The molecule has 0 unspecified atom stereocenters. The molecule has 1 N–H and O–H groups in total. The first-order valence-corrected chi connectivity index (χ1v) is 5.88. The highest BCUT2D eigenvalue weighted by Crippen LogP contribution is 1.95. The van der Waals surface area contributed by atoms with Gasteiger partial charge < -0.3 is 5.32 Å². The van der Waals surface area contributed by atoms with Crippen molar-refractivity contribution >= 4 is 0 Å². The lowest BCUT2D eigenvalue weighted by molar-refractivity contribution is 0.740. The van der Waals surface area contributed by atoms with Crippen LogP contribution in [0.2, 0.25) is 0 Å². The predicted molar refractivity (Wildman–Crippen MR) is 71.8 cm³/mol. The van der Waals surface area contributed by atoms with E-state index in [9.17, 15) is 0 Å². The molecule has 18 heavy (non-hydrogen) atoms. The van der Waals surface area contributed by atoms with Gasteiger partial charge in [-0.15, -0.1) is 0 Å². The molecule has 0 fully saturated rings. The van der Waals surface area contributed by atoms with E-state index in [1.54, 1.807) is 6.20 Å². The minimum atomic E-state index is 0.651. The van der Waals surface area contributed by atoms with Crippen molar-refractivity contribution in [3.8, 4) is 11.8 Å². The third-order valence-electron chi connectivity index (χ3n) is 2.36. The van der Waals surface area contributed by atoms with Crippen LogP contribution in [0, 0.1) is 18.8 Å². The van der Waals surface area contributed by atoms with Crippen molar-refractivity contribution in [1.29, 1.82) is 0 Å². The van der Waals surface area contributed by atoms with Crippen molar-refractivity contribution in [2.75, 3.05) is 6.54 Å². The number of aromatic nitrogens is 2. The average Bonchev–Trinajstić information content (AvgIpc) is 2.40. The molecule has 0 amide bonds. The molecule has 1 heterocycles. The Bertz CT molecular complexity index is 553. The summed E-state index contributed by atoms with van der Waals surface area (Å²) >= 11 is 0. The smallest absolute Gasteiger partial charge is 0.125 e. The predicted octanol–water partition coefficient (Wildman–Crippen LogP) is 1.93. The minimum Gasteiger partial charge on any atom is -0.301 e. The van der Waals surface area contributed by atoms with Gasteiger partial charge in [0, 0.05) is 18.3 Å². The summed E-state index contributed by atoms with van der Waals surface area (Å²) in [5, 5.41) is 3.24. The van der Waals surface area contributed by atoms with Gasteiger partial charge in [0.25, 0.3) is 0 Å². The monoisotopic (exact) mass is 237 g/mol. The Morgan fingerprint density at radius 2 is 2.00 bits per heavy atom. The minimum absolute atomic E-state index is 0.651. The highest BCUT2D eigenvalue weighted by Gasteiger charge is 1.93. The molecule has 0 aliphatic rings. The molecule has 3 nitrogen and oxygen atoms in total. The van der Waals surface area contributed by atoms with Gasteiger partial charge in [-0.2, -0.15) is 0 Å². The zero-order chi connectivity index (χ0) is 12.6. The van der Waals surface area contributed by atoms with Crippen molar-refractivity contribution in [2.45, 2.75) is 13.5 Å². The van der Waals surface area contributed by atoms with Gasteiger partial charge in [-0.05, 0) is 25.1 Å². The lowest BCUT2D eigenvalue weighted by Crippen LogP contribution is -2.14. The first-order chi connectivity index (χ1) is 8.84. The molecule has 3 heteroatoms. The summed E-state index contributed by atoms with van der Waals surface area (Å²) in [6.07, 6.45) is 1.77. The molecule has 2 aromatic rings. The number of hydrogen-bond acceptors (Lipinski definition) is 3. The van der Waals surface area contributed by atoms with Gasteiger partial charge in [-0.3, -0.25) is 0 Å². The maximum Gasteiger partial charge on any atom is 0.125 e. The standard InChI is InChI=1S/C15H15N3/c1-13-17-11-9-15(18-13)12-16-10-5-8-14-6-3-2-4-7-14/h2-4,6-7,9,11,16H,10,12H2,1H3. The molecular formula is C15H15N3. The lowest BCUT2D eigenvalue weighted by Gasteiger charge is -2.00. The van der Waals surface area contributed by atoms with Gasteiger partial charge in [0.05, 0.1) is 12.2 Å². The SMILES string of the molecule is Cc1nccc(CNCC#Cc2ccccc2)n1. The Kier molecular flexibility index (Phi) is 4.46. The van der Waals surface area contributed by atoms with E-state index < -0.39 is 0 Å². The molecule has 1 aromatic carbocycles. The summed E-state index contributed by atoms with van der Waals surface area (Å²) in [4.78, 5) is 8.36. The number of benzene rings is 1. The molecule has 0 atom stereocenters. The Labute approximate surface area is 107 Å². The lowest BCUT2D eigenvalue weighted by atomic mass is 10.2. The van der Waals surface area contributed by atoms with Crippen molar-refractivity contribution in [3.63, 3.8) is 0 Å². The van der Waals surface area contributed by atoms with Crippen LogP contribution >= 0.6 is 0 Å². The van der Waals surface area contributed by atoms with Crippen molar-refractivity contribution in [2.24, 2.45) is 0 Å². The van der Waals surface area contributed by atoms with Crippen LogP contribution < -0.4 is 5.32 Å². The Balaban J connectivity index is 1.78. The molecule has 1 aromatic heterocycles. The first-order valence-electron chi connectivity index (χ1n) is 5.88. The Morgan fingerprint density at radius 1 is 1.17 bits per heavy atom. The maximum absolute atomic E-state index is 4.31. The molecule has 0 aliphatic carbocycles. The van der Waals surface area contributed by atoms with Gasteiger partial charge in [0.1, 0.15) is 5.82 Å². The summed E-state index contributed by atoms with van der Waals surface area (Å²) in [5.41, 5.74) is 2.03. The van der Waals surface area contributed by atoms with Crippen LogP contribution in [-0.2, 0) is 6.54 Å². The fraction of sp³-hybridized carbons (Fsp3) is 0.200. The molecule has 0 saturated carbocycles. The molecule has 0 bridgehead atoms. The second-order valence-electron chi connectivity index (χ2n) is 3.87. The maximum atomic E-state index is 4.31. The average molecular weight is 237 g/mol. The second kappa shape index (κ2) is 6.53. The number of rotatable bonds is 3. The van der Waals surface area contributed by atoms with Crippen molar-refractivity contribution < 1.29 is 0 Å². The van der Waals surface area contributed by atoms with E-state index in [-0.39, 0.29) is 0 Å². The van der Waals surface area contributed by atoms with Crippen LogP contribution in [0.15, 0.2) is 42.6 Å². The van der Waals surface area contributed by atoms with Gasteiger partial charge in [0.15, 0.2) is 0 Å². The fourth-order valence-electron chi connectivity index (χ4n) is 1.52. The number of hydrogen-bond donors (Lipinski definition) is 1. The highest BCUT2D eigenvalue weighted by atomic mass is 14.9.